The first kappa shape index (κ1) is 18.8. The molecular formula is C18H19BrN2O4. The predicted octanol–water partition coefficient (Wildman–Crippen LogP) is 3.63. The molecule has 0 unspecified atom stereocenters. The van der Waals surface area contributed by atoms with Crippen molar-refractivity contribution in [3.63, 3.8) is 0 Å². The normalized spacial score (nSPS) is 10.6. The summed E-state index contributed by atoms with van der Waals surface area (Å²) in [5, 5.41) is 3.99. The summed E-state index contributed by atoms with van der Waals surface area (Å²) in [6.07, 6.45) is 1.54. The summed E-state index contributed by atoms with van der Waals surface area (Å²) >= 11 is 3.43. The van der Waals surface area contributed by atoms with Crippen LogP contribution >= 0.6 is 15.9 Å². The van der Waals surface area contributed by atoms with E-state index < -0.39 is 0 Å². The third-order valence-corrected chi connectivity index (χ3v) is 3.86. The van der Waals surface area contributed by atoms with Crippen molar-refractivity contribution < 1.29 is 19.0 Å². The Hall–Kier alpha value is -2.54. The maximum absolute atomic E-state index is 12.1. The molecule has 0 spiro atoms. The molecule has 6 nitrogen and oxygen atoms in total. The molecule has 0 aliphatic heterocycles. The highest BCUT2D eigenvalue weighted by Gasteiger charge is 2.10. The fourth-order valence-electron chi connectivity index (χ4n) is 2.10. The largest absolute Gasteiger partial charge is 0.497 e. The van der Waals surface area contributed by atoms with E-state index in [0.717, 1.165) is 10.0 Å². The van der Waals surface area contributed by atoms with E-state index in [-0.39, 0.29) is 5.91 Å². The fourth-order valence-corrected chi connectivity index (χ4v) is 2.72. The number of halogens is 1. The molecule has 0 saturated heterocycles. The van der Waals surface area contributed by atoms with Crippen molar-refractivity contribution in [2.45, 2.75) is 6.92 Å². The van der Waals surface area contributed by atoms with Crippen LogP contribution in [0.15, 0.2) is 46.0 Å². The van der Waals surface area contributed by atoms with E-state index in [1.165, 1.54) is 6.21 Å². The number of nitrogens with zero attached hydrogens (tertiary/aromatic N) is 1. The van der Waals surface area contributed by atoms with Crippen molar-refractivity contribution in [2.75, 3.05) is 20.8 Å². The molecule has 2 aromatic rings. The molecule has 1 amide bonds. The Morgan fingerprint density at radius 2 is 1.92 bits per heavy atom. The minimum absolute atomic E-state index is 0.309. The Bertz CT molecular complexity index is 760. The molecule has 0 radical (unpaired) electrons. The molecule has 0 saturated carbocycles. The lowest BCUT2D eigenvalue weighted by molar-refractivity contribution is 0.0955. The second-order valence-corrected chi connectivity index (χ2v) is 5.75. The summed E-state index contributed by atoms with van der Waals surface area (Å²) in [5.74, 6) is 1.59. The van der Waals surface area contributed by atoms with E-state index in [1.807, 2.05) is 13.0 Å². The molecule has 25 heavy (non-hydrogen) atoms. The van der Waals surface area contributed by atoms with Crippen molar-refractivity contribution in [3.05, 3.63) is 52.0 Å². The average molecular weight is 407 g/mol. The van der Waals surface area contributed by atoms with Gasteiger partial charge in [0.1, 0.15) is 5.75 Å². The highest BCUT2D eigenvalue weighted by Crippen LogP contribution is 2.36. The van der Waals surface area contributed by atoms with Crippen LogP contribution in [-0.4, -0.2) is 32.9 Å². The number of hydrazone groups is 1. The molecule has 2 aromatic carbocycles. The van der Waals surface area contributed by atoms with Crippen LogP contribution in [-0.2, 0) is 0 Å². The first-order chi connectivity index (χ1) is 12.1. The number of nitrogens with one attached hydrogen (secondary N) is 1. The third-order valence-electron chi connectivity index (χ3n) is 3.27. The summed E-state index contributed by atoms with van der Waals surface area (Å²) in [6, 6.07) is 10.4. The van der Waals surface area contributed by atoms with Gasteiger partial charge in [0.15, 0.2) is 11.5 Å². The van der Waals surface area contributed by atoms with Crippen molar-refractivity contribution in [3.8, 4) is 17.2 Å². The zero-order chi connectivity index (χ0) is 18.2. The Kier molecular flexibility index (Phi) is 6.82. The number of amides is 1. The first-order valence-corrected chi connectivity index (χ1v) is 8.36. The van der Waals surface area contributed by atoms with Crippen molar-refractivity contribution >= 4 is 28.1 Å². The molecule has 7 heteroatoms. The highest BCUT2D eigenvalue weighted by molar-refractivity contribution is 9.10. The summed E-state index contributed by atoms with van der Waals surface area (Å²) in [5.41, 5.74) is 3.73. The number of ether oxygens (including phenoxy) is 3. The predicted molar refractivity (Wildman–Crippen MR) is 99.9 cm³/mol. The van der Waals surface area contributed by atoms with Gasteiger partial charge in [-0.3, -0.25) is 4.79 Å². The Morgan fingerprint density at radius 1 is 1.20 bits per heavy atom. The first-order valence-electron chi connectivity index (χ1n) is 7.56. The molecule has 0 aromatic heterocycles. The molecule has 132 valence electrons. The van der Waals surface area contributed by atoms with E-state index in [4.69, 9.17) is 14.2 Å². The summed E-state index contributed by atoms with van der Waals surface area (Å²) in [6.45, 7) is 2.40. The van der Waals surface area contributed by atoms with Gasteiger partial charge in [-0.15, -0.1) is 0 Å². The summed E-state index contributed by atoms with van der Waals surface area (Å²) in [7, 11) is 3.15. The van der Waals surface area contributed by atoms with E-state index in [0.29, 0.717) is 29.4 Å². The molecule has 0 fully saturated rings. The van der Waals surface area contributed by atoms with Gasteiger partial charge in [-0.25, -0.2) is 5.43 Å². The second kappa shape index (κ2) is 9.08. The maximum atomic E-state index is 12.1. The van der Waals surface area contributed by atoms with Gasteiger partial charge in [-0.1, -0.05) is 0 Å². The molecule has 0 aliphatic carbocycles. The van der Waals surface area contributed by atoms with Crippen LogP contribution < -0.4 is 19.6 Å². The number of rotatable bonds is 7. The van der Waals surface area contributed by atoms with Gasteiger partial charge in [-0.05, 0) is 64.8 Å². The third kappa shape index (κ3) is 4.96. The monoisotopic (exact) mass is 406 g/mol. The lowest BCUT2D eigenvalue weighted by atomic mass is 10.2. The lowest BCUT2D eigenvalue weighted by Gasteiger charge is -2.11. The van der Waals surface area contributed by atoms with Crippen LogP contribution in [0, 0.1) is 0 Å². The number of carbonyl (C=O) groups excluding carboxylic acids is 1. The zero-order valence-corrected chi connectivity index (χ0v) is 15.8. The quantitative estimate of drug-likeness (QED) is 0.562. The smallest absolute Gasteiger partial charge is 0.271 e. The topological polar surface area (TPSA) is 69.2 Å². The van der Waals surface area contributed by atoms with Crippen LogP contribution in [0.2, 0.25) is 0 Å². The summed E-state index contributed by atoms with van der Waals surface area (Å²) < 4.78 is 16.7. The second-order valence-electron chi connectivity index (χ2n) is 4.89. The van der Waals surface area contributed by atoms with Crippen LogP contribution in [0.3, 0.4) is 0 Å². The highest BCUT2D eigenvalue weighted by atomic mass is 79.9. The van der Waals surface area contributed by atoms with Gasteiger partial charge < -0.3 is 14.2 Å². The van der Waals surface area contributed by atoms with E-state index in [2.05, 4.69) is 26.5 Å². The van der Waals surface area contributed by atoms with Gasteiger partial charge in [0.2, 0.25) is 0 Å². The molecule has 0 bridgehead atoms. The molecule has 0 heterocycles. The van der Waals surface area contributed by atoms with Crippen LogP contribution in [0.4, 0.5) is 0 Å². The SMILES string of the molecule is CCOc1cc(/C=N\NC(=O)c2ccc(OC)cc2)cc(Br)c1OC. The van der Waals surface area contributed by atoms with Gasteiger partial charge >= 0.3 is 0 Å². The summed E-state index contributed by atoms with van der Waals surface area (Å²) in [4.78, 5) is 12.1. The van der Waals surface area contributed by atoms with Crippen molar-refractivity contribution in [1.82, 2.24) is 5.43 Å². The van der Waals surface area contributed by atoms with Crippen molar-refractivity contribution in [1.29, 1.82) is 0 Å². The van der Waals surface area contributed by atoms with Gasteiger partial charge in [0, 0.05) is 5.56 Å². The van der Waals surface area contributed by atoms with Crippen LogP contribution in [0.25, 0.3) is 0 Å². The molecule has 1 N–H and O–H groups in total. The number of hydrogen-bond acceptors (Lipinski definition) is 5. The Balaban J connectivity index is 2.09. The zero-order valence-electron chi connectivity index (χ0n) is 14.2. The fraction of sp³-hybridized carbons (Fsp3) is 0.222. The number of benzene rings is 2. The standard InChI is InChI=1S/C18H19BrN2O4/c1-4-25-16-10-12(9-15(19)17(16)24-3)11-20-21-18(22)13-5-7-14(23-2)8-6-13/h5-11H,4H2,1-3H3,(H,21,22)/b20-11-. The maximum Gasteiger partial charge on any atom is 0.271 e. The van der Waals surface area contributed by atoms with Gasteiger partial charge in [-0.2, -0.15) is 5.10 Å². The Labute approximate surface area is 154 Å². The molecule has 0 aliphatic rings. The van der Waals surface area contributed by atoms with E-state index in [1.54, 1.807) is 44.6 Å². The van der Waals surface area contributed by atoms with Gasteiger partial charge in [0.25, 0.3) is 5.91 Å². The van der Waals surface area contributed by atoms with E-state index in [9.17, 15) is 4.79 Å². The molecule has 0 atom stereocenters. The van der Waals surface area contributed by atoms with Crippen molar-refractivity contribution in [2.24, 2.45) is 5.10 Å². The minimum atomic E-state index is -0.309. The lowest BCUT2D eigenvalue weighted by Crippen LogP contribution is -2.17. The van der Waals surface area contributed by atoms with Crippen LogP contribution in [0.1, 0.15) is 22.8 Å². The number of methoxy groups -OCH3 is 2. The Morgan fingerprint density at radius 3 is 2.52 bits per heavy atom. The van der Waals surface area contributed by atoms with E-state index >= 15 is 0 Å². The number of hydrogen-bond donors (Lipinski definition) is 1. The average Bonchev–Trinajstić information content (AvgIpc) is 2.62. The number of carbonyl (C=O) groups is 1. The molecule has 2 rings (SSSR count). The molecular weight excluding hydrogens is 388 g/mol. The van der Waals surface area contributed by atoms with Crippen LogP contribution in [0.5, 0.6) is 17.2 Å². The van der Waals surface area contributed by atoms with Gasteiger partial charge in [0.05, 0.1) is 31.5 Å². The minimum Gasteiger partial charge on any atom is -0.497 e.